The summed E-state index contributed by atoms with van der Waals surface area (Å²) in [6.45, 7) is 3.90. The molecule has 5 nitrogen and oxygen atoms in total. The summed E-state index contributed by atoms with van der Waals surface area (Å²) in [4.78, 5) is 24.0. The van der Waals surface area contributed by atoms with Crippen molar-refractivity contribution in [2.75, 3.05) is 17.2 Å². The Morgan fingerprint density at radius 2 is 2.05 bits per heavy atom. The quantitative estimate of drug-likeness (QED) is 0.895. The van der Waals surface area contributed by atoms with E-state index in [1.165, 1.54) is 0 Å². The molecule has 0 aliphatic carbocycles. The molecule has 0 atom stereocenters. The molecule has 0 aromatic heterocycles. The van der Waals surface area contributed by atoms with E-state index in [9.17, 15) is 9.59 Å². The third-order valence-corrected chi connectivity index (χ3v) is 3.52. The monoisotopic (exact) mass is 296 g/mol. The van der Waals surface area contributed by atoms with Crippen LogP contribution in [0.1, 0.15) is 21.5 Å². The minimum atomic E-state index is -0.283. The Kier molecular flexibility index (Phi) is 3.55. The van der Waals surface area contributed by atoms with Gasteiger partial charge in [0, 0.05) is 5.69 Å². The Balaban J connectivity index is 1.91. The molecule has 1 aliphatic rings. The van der Waals surface area contributed by atoms with E-state index in [-0.39, 0.29) is 18.4 Å². The van der Waals surface area contributed by atoms with Crippen LogP contribution in [0.25, 0.3) is 0 Å². The van der Waals surface area contributed by atoms with Crippen LogP contribution in [0.2, 0.25) is 0 Å². The lowest BCUT2D eigenvalue weighted by molar-refractivity contribution is -0.118. The predicted octanol–water partition coefficient (Wildman–Crippen LogP) is 2.89. The van der Waals surface area contributed by atoms with E-state index in [0.717, 1.165) is 16.8 Å². The number of ether oxygens (including phenoxy) is 1. The minimum Gasteiger partial charge on any atom is -0.482 e. The molecule has 0 saturated carbocycles. The average molecular weight is 296 g/mol. The van der Waals surface area contributed by atoms with E-state index in [0.29, 0.717) is 17.0 Å². The number of carbonyl (C=O) groups is 2. The van der Waals surface area contributed by atoms with Crippen molar-refractivity contribution in [2.45, 2.75) is 13.8 Å². The molecule has 0 fully saturated rings. The van der Waals surface area contributed by atoms with Crippen LogP contribution in [0.3, 0.4) is 0 Å². The highest BCUT2D eigenvalue weighted by atomic mass is 16.5. The zero-order valence-electron chi connectivity index (χ0n) is 12.4. The van der Waals surface area contributed by atoms with Crippen LogP contribution in [0, 0.1) is 13.8 Å². The van der Waals surface area contributed by atoms with Crippen LogP contribution in [-0.4, -0.2) is 18.4 Å². The number of amides is 2. The number of hydrogen-bond donors (Lipinski definition) is 2. The number of benzene rings is 2. The van der Waals surface area contributed by atoms with Gasteiger partial charge in [0.05, 0.1) is 11.3 Å². The molecular formula is C17H16N2O3. The fourth-order valence-electron chi connectivity index (χ4n) is 2.43. The lowest BCUT2D eigenvalue weighted by Gasteiger charge is -2.20. The summed E-state index contributed by atoms with van der Waals surface area (Å²) in [7, 11) is 0. The van der Waals surface area contributed by atoms with Crippen LogP contribution in [0.5, 0.6) is 5.75 Å². The topological polar surface area (TPSA) is 67.4 Å². The molecule has 0 saturated heterocycles. The largest absolute Gasteiger partial charge is 0.482 e. The molecule has 5 heteroatoms. The Morgan fingerprint density at radius 1 is 1.23 bits per heavy atom. The van der Waals surface area contributed by atoms with Crippen LogP contribution in [-0.2, 0) is 4.79 Å². The van der Waals surface area contributed by atoms with Crippen LogP contribution in [0.4, 0.5) is 11.4 Å². The first-order chi connectivity index (χ1) is 10.5. The summed E-state index contributed by atoms with van der Waals surface area (Å²) in [5, 5.41) is 5.57. The van der Waals surface area contributed by atoms with Gasteiger partial charge in [0.1, 0.15) is 5.75 Å². The summed E-state index contributed by atoms with van der Waals surface area (Å²) in [5.74, 6) is -0.0400. The zero-order valence-corrected chi connectivity index (χ0v) is 12.4. The van der Waals surface area contributed by atoms with Crippen molar-refractivity contribution in [3.05, 3.63) is 53.1 Å². The maximum absolute atomic E-state index is 12.5. The van der Waals surface area contributed by atoms with Crippen molar-refractivity contribution in [1.29, 1.82) is 0 Å². The Labute approximate surface area is 128 Å². The van der Waals surface area contributed by atoms with E-state index in [2.05, 4.69) is 10.6 Å². The first kappa shape index (κ1) is 14.1. The van der Waals surface area contributed by atoms with Gasteiger partial charge in [-0.2, -0.15) is 0 Å². The number of para-hydroxylation sites is 1. The van der Waals surface area contributed by atoms with Gasteiger partial charge in [-0.1, -0.05) is 23.8 Å². The van der Waals surface area contributed by atoms with E-state index in [1.807, 2.05) is 32.0 Å². The molecule has 22 heavy (non-hydrogen) atoms. The summed E-state index contributed by atoms with van der Waals surface area (Å²) in [6, 6.07) is 10.9. The minimum absolute atomic E-state index is 0.0326. The Morgan fingerprint density at radius 3 is 2.82 bits per heavy atom. The lowest BCUT2D eigenvalue weighted by Crippen LogP contribution is -2.27. The van der Waals surface area contributed by atoms with Gasteiger partial charge in [0.15, 0.2) is 6.61 Å². The first-order valence-corrected chi connectivity index (χ1v) is 6.99. The summed E-state index contributed by atoms with van der Waals surface area (Å²) in [5.41, 5.74) is 3.66. The third-order valence-electron chi connectivity index (χ3n) is 3.52. The molecule has 1 heterocycles. The Bertz CT molecular complexity index is 768. The molecule has 0 spiro atoms. The maximum Gasteiger partial charge on any atom is 0.262 e. The van der Waals surface area contributed by atoms with Crippen LogP contribution < -0.4 is 15.4 Å². The van der Waals surface area contributed by atoms with Gasteiger partial charge in [-0.05, 0) is 37.6 Å². The SMILES string of the molecule is Cc1ccc(NC(=O)c2cccc3c2NC(=O)CO3)c(C)c1. The molecule has 2 N–H and O–H groups in total. The molecule has 0 radical (unpaired) electrons. The highest BCUT2D eigenvalue weighted by molar-refractivity contribution is 6.12. The average Bonchev–Trinajstić information content (AvgIpc) is 2.49. The van der Waals surface area contributed by atoms with Crippen molar-refractivity contribution in [3.63, 3.8) is 0 Å². The van der Waals surface area contributed by atoms with Gasteiger partial charge in [-0.15, -0.1) is 0 Å². The van der Waals surface area contributed by atoms with E-state index >= 15 is 0 Å². The van der Waals surface area contributed by atoms with Crippen LogP contribution >= 0.6 is 0 Å². The smallest absolute Gasteiger partial charge is 0.262 e. The zero-order chi connectivity index (χ0) is 15.7. The molecule has 112 valence electrons. The fourth-order valence-corrected chi connectivity index (χ4v) is 2.43. The normalized spacial score (nSPS) is 12.9. The highest BCUT2D eigenvalue weighted by Gasteiger charge is 2.22. The van der Waals surface area contributed by atoms with Crippen molar-refractivity contribution >= 4 is 23.2 Å². The summed E-state index contributed by atoms with van der Waals surface area (Å²) in [6.07, 6.45) is 0. The van der Waals surface area contributed by atoms with Crippen LogP contribution in [0.15, 0.2) is 36.4 Å². The second-order valence-corrected chi connectivity index (χ2v) is 5.29. The number of nitrogens with one attached hydrogen (secondary N) is 2. The number of hydrogen-bond acceptors (Lipinski definition) is 3. The number of carbonyl (C=O) groups excluding carboxylic acids is 2. The molecule has 2 aromatic rings. The van der Waals surface area contributed by atoms with Crippen molar-refractivity contribution in [2.24, 2.45) is 0 Å². The third kappa shape index (κ3) is 2.65. The second-order valence-electron chi connectivity index (χ2n) is 5.29. The van der Waals surface area contributed by atoms with E-state index < -0.39 is 0 Å². The van der Waals surface area contributed by atoms with E-state index in [4.69, 9.17) is 4.74 Å². The molecule has 2 amide bonds. The van der Waals surface area contributed by atoms with Crippen molar-refractivity contribution < 1.29 is 14.3 Å². The summed E-state index contributed by atoms with van der Waals surface area (Å²) >= 11 is 0. The van der Waals surface area contributed by atoms with Crippen molar-refractivity contribution in [3.8, 4) is 5.75 Å². The number of fused-ring (bicyclic) bond motifs is 1. The highest BCUT2D eigenvalue weighted by Crippen LogP contribution is 2.31. The molecule has 1 aliphatic heterocycles. The van der Waals surface area contributed by atoms with Gasteiger partial charge in [0.25, 0.3) is 11.8 Å². The predicted molar refractivity (Wildman–Crippen MR) is 84.4 cm³/mol. The summed E-state index contributed by atoms with van der Waals surface area (Å²) < 4.78 is 5.32. The van der Waals surface area contributed by atoms with E-state index in [1.54, 1.807) is 18.2 Å². The molecule has 3 rings (SSSR count). The first-order valence-electron chi connectivity index (χ1n) is 6.99. The van der Waals surface area contributed by atoms with Gasteiger partial charge < -0.3 is 15.4 Å². The second kappa shape index (κ2) is 5.52. The van der Waals surface area contributed by atoms with Gasteiger partial charge in [-0.25, -0.2) is 0 Å². The number of anilines is 2. The van der Waals surface area contributed by atoms with Gasteiger partial charge in [0.2, 0.25) is 0 Å². The Hall–Kier alpha value is -2.82. The van der Waals surface area contributed by atoms with Gasteiger partial charge >= 0.3 is 0 Å². The molecule has 2 aromatic carbocycles. The number of rotatable bonds is 2. The molecule has 0 bridgehead atoms. The standard InChI is InChI=1S/C17H16N2O3/c1-10-6-7-13(11(2)8-10)18-17(21)12-4-3-5-14-16(12)19-15(20)9-22-14/h3-8H,9H2,1-2H3,(H,18,21)(H,19,20). The van der Waals surface area contributed by atoms with Gasteiger partial charge in [-0.3, -0.25) is 9.59 Å². The number of aryl methyl sites for hydroxylation is 2. The van der Waals surface area contributed by atoms with Crippen molar-refractivity contribution in [1.82, 2.24) is 0 Å². The molecular weight excluding hydrogens is 280 g/mol. The lowest BCUT2D eigenvalue weighted by atomic mass is 10.1. The fraction of sp³-hybridized carbons (Fsp3) is 0.176. The maximum atomic E-state index is 12.5. The molecule has 0 unspecified atom stereocenters.